The maximum Gasteiger partial charge on any atom is 0.314 e. The molecule has 5 atom stereocenters. The van der Waals surface area contributed by atoms with Crippen molar-refractivity contribution in [1.82, 2.24) is 0 Å². The Balaban J connectivity index is 0.889. The summed E-state index contributed by atoms with van der Waals surface area (Å²) in [6, 6.07) is 12.2. The summed E-state index contributed by atoms with van der Waals surface area (Å²) in [5.74, 6) is 1.85. The van der Waals surface area contributed by atoms with E-state index in [2.05, 4.69) is 37.3 Å². The quantitative estimate of drug-likeness (QED) is 0.0590. The summed E-state index contributed by atoms with van der Waals surface area (Å²) in [5, 5.41) is 0. The van der Waals surface area contributed by atoms with Crippen LogP contribution < -0.4 is 9.62 Å². The van der Waals surface area contributed by atoms with Crippen molar-refractivity contribution >= 4 is 5.97 Å². The van der Waals surface area contributed by atoms with Gasteiger partial charge in [0.05, 0.1) is 37.9 Å². The van der Waals surface area contributed by atoms with Gasteiger partial charge in [-0.05, 0) is 123 Å². The third-order valence-corrected chi connectivity index (χ3v) is 10.0. The molecule has 7 rings (SSSR count). The first kappa shape index (κ1) is 28.8. The van der Waals surface area contributed by atoms with Crippen LogP contribution in [0.2, 0.25) is 0 Å². The molecule has 2 saturated heterocycles. The van der Waals surface area contributed by atoms with Gasteiger partial charge in [-0.25, -0.2) is 0 Å². The predicted molar refractivity (Wildman–Crippen MR) is 165 cm³/mol. The second kappa shape index (κ2) is 13.0. The highest BCUT2D eigenvalue weighted by molar-refractivity contribution is 5.81. The third kappa shape index (κ3) is 7.25. The number of rotatable bonds is 13. The van der Waals surface area contributed by atoms with Gasteiger partial charge in [-0.3, -0.25) is 4.79 Å². The number of benzene rings is 2. The number of esters is 1. The third-order valence-electron chi connectivity index (χ3n) is 10.0. The van der Waals surface area contributed by atoms with E-state index in [0.717, 1.165) is 63.9 Å². The van der Waals surface area contributed by atoms with E-state index in [1.165, 1.54) is 53.5 Å². The van der Waals surface area contributed by atoms with Crippen LogP contribution >= 0.6 is 0 Å². The molecular weight excluding hydrogens is 540 g/mol. The zero-order valence-electron chi connectivity index (χ0n) is 25.4. The van der Waals surface area contributed by atoms with Crippen LogP contribution in [-0.2, 0) is 19.2 Å². The number of allylic oxidation sites excluding steroid dienone is 4. The van der Waals surface area contributed by atoms with Crippen LogP contribution in [0, 0.1) is 11.8 Å². The summed E-state index contributed by atoms with van der Waals surface area (Å²) in [6.45, 7) is 4.68. The number of epoxide rings is 2. The lowest BCUT2D eigenvalue weighted by molar-refractivity contribution is -0.216. The largest absolute Gasteiger partial charge is 0.426 e. The Labute approximate surface area is 255 Å². The highest BCUT2D eigenvalue weighted by Crippen LogP contribution is 2.47. The van der Waals surface area contributed by atoms with E-state index < -0.39 is 0 Å². The van der Waals surface area contributed by atoms with Gasteiger partial charge in [0.1, 0.15) is 5.75 Å². The van der Waals surface area contributed by atoms with Crippen LogP contribution in [0.1, 0.15) is 94.6 Å². The summed E-state index contributed by atoms with van der Waals surface area (Å²) in [4.78, 5) is 24.5. The molecular formula is C37H44O6. The zero-order valence-corrected chi connectivity index (χ0v) is 25.4. The lowest BCUT2D eigenvalue weighted by Gasteiger charge is -2.21. The standard InChI is InChI=1S/C37H44O6/c1-24-35-19-29(42-37(38)28-12-9-26(10-13-28)11-14-32-23-40-32)15-17-33(35)34-18-16-30(20-36(24)34)43-41-21-27-7-5-25(6-8-27)3-2-4-31-22-39-31/h5,9,15-20,24,27-28,31-32H,2-4,6-8,10-14,21-23H2,1H3. The lowest BCUT2D eigenvalue weighted by atomic mass is 9.87. The zero-order chi connectivity index (χ0) is 29.2. The maximum absolute atomic E-state index is 13.0. The monoisotopic (exact) mass is 584 g/mol. The molecule has 0 amide bonds. The Morgan fingerprint density at radius 1 is 0.837 bits per heavy atom. The number of ether oxygens (including phenoxy) is 3. The van der Waals surface area contributed by atoms with Crippen molar-refractivity contribution in [2.75, 3.05) is 19.8 Å². The lowest BCUT2D eigenvalue weighted by Crippen LogP contribution is -2.22. The first-order valence-corrected chi connectivity index (χ1v) is 16.5. The van der Waals surface area contributed by atoms with Gasteiger partial charge in [-0.1, -0.05) is 42.4 Å². The minimum Gasteiger partial charge on any atom is -0.426 e. The molecule has 6 heteroatoms. The molecule has 228 valence electrons. The van der Waals surface area contributed by atoms with E-state index in [9.17, 15) is 4.79 Å². The van der Waals surface area contributed by atoms with E-state index >= 15 is 0 Å². The van der Waals surface area contributed by atoms with Crippen LogP contribution in [-0.4, -0.2) is 38.0 Å². The summed E-state index contributed by atoms with van der Waals surface area (Å²) in [6.07, 6.45) is 17.5. The minimum atomic E-state index is -0.120. The number of hydrogen-bond acceptors (Lipinski definition) is 6. The summed E-state index contributed by atoms with van der Waals surface area (Å²) < 4.78 is 16.5. The Morgan fingerprint density at radius 2 is 1.51 bits per heavy atom. The normalized spacial score (nSPS) is 27.0. The molecule has 2 fully saturated rings. The minimum absolute atomic E-state index is 0.0670. The molecule has 2 heterocycles. The van der Waals surface area contributed by atoms with Crippen LogP contribution in [0.3, 0.4) is 0 Å². The Hall–Kier alpha value is -2.93. The van der Waals surface area contributed by atoms with E-state index in [0.29, 0.717) is 30.5 Å². The van der Waals surface area contributed by atoms with Gasteiger partial charge in [0, 0.05) is 5.92 Å². The molecule has 43 heavy (non-hydrogen) atoms. The molecule has 0 spiro atoms. The predicted octanol–water partition coefficient (Wildman–Crippen LogP) is 8.24. The average molecular weight is 585 g/mol. The van der Waals surface area contributed by atoms with Gasteiger partial charge in [-0.2, -0.15) is 4.89 Å². The smallest absolute Gasteiger partial charge is 0.314 e. The van der Waals surface area contributed by atoms with Crippen molar-refractivity contribution < 1.29 is 28.8 Å². The first-order chi connectivity index (χ1) is 21.1. The molecule has 2 aromatic carbocycles. The van der Waals surface area contributed by atoms with Crippen molar-refractivity contribution in [2.24, 2.45) is 11.8 Å². The van der Waals surface area contributed by atoms with Gasteiger partial charge >= 0.3 is 5.97 Å². The Kier molecular flexibility index (Phi) is 8.69. The number of hydrogen-bond donors (Lipinski definition) is 0. The van der Waals surface area contributed by atoms with Crippen LogP contribution in [0.25, 0.3) is 11.1 Å². The number of carbonyl (C=O) groups is 1. The van der Waals surface area contributed by atoms with Crippen molar-refractivity contribution in [3.63, 3.8) is 0 Å². The van der Waals surface area contributed by atoms with E-state index in [1.54, 1.807) is 5.57 Å². The molecule has 3 aliphatic carbocycles. The fourth-order valence-electron chi connectivity index (χ4n) is 6.99. The molecule has 0 saturated carbocycles. The van der Waals surface area contributed by atoms with Gasteiger partial charge in [0.25, 0.3) is 0 Å². The van der Waals surface area contributed by atoms with Crippen LogP contribution in [0.15, 0.2) is 59.7 Å². The first-order valence-electron chi connectivity index (χ1n) is 16.5. The molecule has 0 N–H and O–H groups in total. The second-order valence-electron chi connectivity index (χ2n) is 13.2. The highest BCUT2D eigenvalue weighted by atomic mass is 17.2. The van der Waals surface area contributed by atoms with Gasteiger partial charge < -0.3 is 19.1 Å². The molecule has 0 radical (unpaired) electrons. The van der Waals surface area contributed by atoms with Crippen LogP contribution in [0.4, 0.5) is 0 Å². The molecule has 5 unspecified atom stereocenters. The fourth-order valence-corrected chi connectivity index (χ4v) is 6.99. The van der Waals surface area contributed by atoms with Crippen LogP contribution in [0.5, 0.6) is 11.5 Å². The second-order valence-corrected chi connectivity index (χ2v) is 13.2. The van der Waals surface area contributed by atoms with Crippen molar-refractivity contribution in [1.29, 1.82) is 0 Å². The van der Waals surface area contributed by atoms with Crippen molar-refractivity contribution in [3.8, 4) is 22.6 Å². The summed E-state index contributed by atoms with van der Waals surface area (Å²) in [5.41, 5.74) is 7.84. The van der Waals surface area contributed by atoms with Gasteiger partial charge in [0.2, 0.25) is 0 Å². The van der Waals surface area contributed by atoms with Crippen molar-refractivity contribution in [2.45, 2.75) is 95.7 Å². The fraction of sp³-hybridized carbons (Fsp3) is 0.541. The van der Waals surface area contributed by atoms with Gasteiger partial charge in [0.15, 0.2) is 5.75 Å². The Morgan fingerprint density at radius 3 is 2.21 bits per heavy atom. The van der Waals surface area contributed by atoms with E-state index in [1.807, 2.05) is 18.2 Å². The van der Waals surface area contributed by atoms with Crippen molar-refractivity contribution in [3.05, 3.63) is 70.8 Å². The molecule has 2 aliphatic heterocycles. The van der Waals surface area contributed by atoms with E-state index in [-0.39, 0.29) is 17.8 Å². The Bertz CT molecular complexity index is 1380. The molecule has 2 aromatic rings. The van der Waals surface area contributed by atoms with Gasteiger partial charge in [-0.15, -0.1) is 0 Å². The molecule has 6 nitrogen and oxygen atoms in total. The summed E-state index contributed by atoms with van der Waals surface area (Å²) in [7, 11) is 0. The molecule has 0 aromatic heterocycles. The average Bonchev–Trinajstić information content (AvgIpc) is 3.97. The topological polar surface area (TPSA) is 69.8 Å². The summed E-state index contributed by atoms with van der Waals surface area (Å²) >= 11 is 0. The number of fused-ring (bicyclic) bond motifs is 3. The highest BCUT2D eigenvalue weighted by Gasteiger charge is 2.29. The molecule has 5 aliphatic rings. The van der Waals surface area contributed by atoms with E-state index in [4.69, 9.17) is 24.0 Å². The maximum atomic E-state index is 13.0. The SMILES string of the molecule is CC1c2cc(OOCC3CC=C(CCCC4CO4)CC3)ccc2-c2ccc(OC(=O)C3CC=C(CCC4CO4)CC3)cc21. The number of carbonyl (C=O) groups excluding carboxylic acids is 1. The molecule has 0 bridgehead atoms.